The van der Waals surface area contributed by atoms with Crippen LogP contribution in [0.2, 0.25) is 0 Å². The van der Waals surface area contributed by atoms with Gasteiger partial charge in [0.2, 0.25) is 0 Å². The second kappa shape index (κ2) is 6.00. The van der Waals surface area contributed by atoms with E-state index in [2.05, 4.69) is 24.3 Å². The van der Waals surface area contributed by atoms with Gasteiger partial charge in [0.1, 0.15) is 11.3 Å². The molecule has 1 amide bonds. The van der Waals surface area contributed by atoms with Gasteiger partial charge in [-0.25, -0.2) is 0 Å². The van der Waals surface area contributed by atoms with E-state index in [1.807, 2.05) is 0 Å². The summed E-state index contributed by atoms with van der Waals surface area (Å²) in [4.78, 5) is 12.0. The van der Waals surface area contributed by atoms with Crippen LogP contribution >= 0.6 is 0 Å². The smallest absolute Gasteiger partial charge is 0.256 e. The van der Waals surface area contributed by atoms with Gasteiger partial charge in [-0.1, -0.05) is 19.0 Å². The normalized spacial score (nSPS) is 11.6. The van der Waals surface area contributed by atoms with Crippen molar-refractivity contribution in [1.82, 2.24) is 10.5 Å². The number of carbonyl (C=O) groups excluding carboxylic acids is 1. The molecule has 0 aliphatic rings. The summed E-state index contributed by atoms with van der Waals surface area (Å²) in [6.07, 6.45) is 1.61. The molecule has 0 aliphatic heterocycles. The number of amides is 1. The number of aliphatic hydroxyl groups excluding tert-OH is 1. The molecule has 1 heterocycles. The first-order valence-electron chi connectivity index (χ1n) is 6.19. The van der Waals surface area contributed by atoms with E-state index in [9.17, 15) is 4.79 Å². The van der Waals surface area contributed by atoms with Crippen molar-refractivity contribution in [3.63, 3.8) is 0 Å². The third kappa shape index (κ3) is 3.84. The summed E-state index contributed by atoms with van der Waals surface area (Å²) in [7, 11) is 0. The van der Waals surface area contributed by atoms with Gasteiger partial charge in [0.15, 0.2) is 0 Å². The Balaban J connectivity index is 2.56. The topological polar surface area (TPSA) is 75.4 Å². The van der Waals surface area contributed by atoms with Crippen molar-refractivity contribution in [2.24, 2.45) is 5.41 Å². The molecule has 0 saturated carbocycles. The lowest BCUT2D eigenvalue weighted by molar-refractivity contribution is 0.0931. The molecule has 0 unspecified atom stereocenters. The molecular formula is C13H22N2O3. The summed E-state index contributed by atoms with van der Waals surface area (Å²) in [6, 6.07) is 0. The molecule has 0 bridgehead atoms. The van der Waals surface area contributed by atoms with Crippen LogP contribution in [0.3, 0.4) is 0 Å². The number of aromatic nitrogens is 1. The first kappa shape index (κ1) is 14.7. The van der Waals surface area contributed by atoms with Gasteiger partial charge in [0, 0.05) is 13.2 Å². The Labute approximate surface area is 108 Å². The van der Waals surface area contributed by atoms with E-state index in [1.54, 1.807) is 13.8 Å². The van der Waals surface area contributed by atoms with Crippen LogP contribution in [0.25, 0.3) is 0 Å². The number of carbonyl (C=O) groups is 1. The van der Waals surface area contributed by atoms with Gasteiger partial charge in [0.05, 0.1) is 5.69 Å². The molecule has 0 atom stereocenters. The standard InChI is InChI=1S/C13H22N2O3/c1-9-11(10(2)18-15-9)12(17)14-8-13(3,4)6-5-7-16/h16H,5-8H2,1-4H3,(H,14,17). The van der Waals surface area contributed by atoms with Crippen LogP contribution in [0.1, 0.15) is 48.5 Å². The van der Waals surface area contributed by atoms with E-state index in [4.69, 9.17) is 9.63 Å². The van der Waals surface area contributed by atoms with Crippen molar-refractivity contribution in [3.05, 3.63) is 17.0 Å². The van der Waals surface area contributed by atoms with Gasteiger partial charge in [-0.15, -0.1) is 0 Å². The lowest BCUT2D eigenvalue weighted by Crippen LogP contribution is -2.34. The molecule has 0 saturated heterocycles. The van der Waals surface area contributed by atoms with Crippen LogP contribution < -0.4 is 5.32 Å². The number of hydrogen-bond acceptors (Lipinski definition) is 4. The minimum absolute atomic E-state index is 0.0304. The predicted molar refractivity (Wildman–Crippen MR) is 68.4 cm³/mol. The van der Waals surface area contributed by atoms with Gasteiger partial charge in [-0.05, 0) is 32.1 Å². The SMILES string of the molecule is Cc1noc(C)c1C(=O)NCC(C)(C)CCCO. The molecule has 0 aromatic carbocycles. The molecule has 0 aliphatic carbocycles. The lowest BCUT2D eigenvalue weighted by atomic mass is 9.88. The van der Waals surface area contributed by atoms with Crippen LogP contribution in [0, 0.1) is 19.3 Å². The Morgan fingerprint density at radius 3 is 2.61 bits per heavy atom. The number of aliphatic hydroxyl groups is 1. The Kier molecular flexibility index (Phi) is 4.90. The van der Waals surface area contributed by atoms with E-state index in [0.29, 0.717) is 23.6 Å². The second-order valence-electron chi connectivity index (χ2n) is 5.37. The zero-order valence-corrected chi connectivity index (χ0v) is 11.5. The molecule has 18 heavy (non-hydrogen) atoms. The average Bonchev–Trinajstić information content (AvgIpc) is 2.64. The maximum atomic E-state index is 12.0. The molecule has 5 heteroatoms. The van der Waals surface area contributed by atoms with Gasteiger partial charge in [-0.2, -0.15) is 0 Å². The van der Waals surface area contributed by atoms with Crippen molar-refractivity contribution in [2.45, 2.75) is 40.5 Å². The van der Waals surface area contributed by atoms with Crippen molar-refractivity contribution < 1.29 is 14.4 Å². The molecule has 0 radical (unpaired) electrons. The quantitative estimate of drug-likeness (QED) is 0.812. The number of rotatable bonds is 6. The number of nitrogens with zero attached hydrogens (tertiary/aromatic N) is 1. The number of nitrogens with one attached hydrogen (secondary N) is 1. The first-order chi connectivity index (χ1) is 8.37. The summed E-state index contributed by atoms with van der Waals surface area (Å²) in [5.41, 5.74) is 1.10. The molecule has 1 rings (SSSR count). The molecule has 2 N–H and O–H groups in total. The van der Waals surface area contributed by atoms with Gasteiger partial charge >= 0.3 is 0 Å². The summed E-state index contributed by atoms with van der Waals surface area (Å²) in [5.74, 6) is 0.390. The Morgan fingerprint density at radius 1 is 1.44 bits per heavy atom. The highest BCUT2D eigenvalue weighted by molar-refractivity contribution is 5.96. The molecule has 102 valence electrons. The maximum Gasteiger partial charge on any atom is 0.256 e. The summed E-state index contributed by atoms with van der Waals surface area (Å²) < 4.78 is 4.97. The van der Waals surface area contributed by atoms with Crippen LogP contribution in [0.5, 0.6) is 0 Å². The molecule has 0 spiro atoms. The Morgan fingerprint density at radius 2 is 2.11 bits per heavy atom. The molecule has 5 nitrogen and oxygen atoms in total. The second-order valence-corrected chi connectivity index (χ2v) is 5.37. The molecule has 0 fully saturated rings. The largest absolute Gasteiger partial charge is 0.396 e. The fourth-order valence-electron chi connectivity index (χ4n) is 1.86. The van der Waals surface area contributed by atoms with E-state index in [1.165, 1.54) is 0 Å². The van der Waals surface area contributed by atoms with Gasteiger partial charge in [-0.3, -0.25) is 4.79 Å². The van der Waals surface area contributed by atoms with Crippen LogP contribution in [-0.2, 0) is 0 Å². The summed E-state index contributed by atoms with van der Waals surface area (Å²) >= 11 is 0. The highest BCUT2D eigenvalue weighted by Gasteiger charge is 2.22. The highest BCUT2D eigenvalue weighted by Crippen LogP contribution is 2.21. The monoisotopic (exact) mass is 254 g/mol. The molecule has 1 aromatic rings. The van der Waals surface area contributed by atoms with Gasteiger partial charge in [0.25, 0.3) is 5.91 Å². The summed E-state index contributed by atoms with van der Waals surface area (Å²) in [5, 5.41) is 15.5. The Bertz CT molecular complexity index is 391. The first-order valence-corrected chi connectivity index (χ1v) is 6.19. The predicted octanol–water partition coefficient (Wildman–Crippen LogP) is 1.82. The third-order valence-electron chi connectivity index (χ3n) is 3.00. The zero-order chi connectivity index (χ0) is 13.8. The average molecular weight is 254 g/mol. The van der Waals surface area contributed by atoms with Crippen LogP contribution in [-0.4, -0.2) is 29.3 Å². The van der Waals surface area contributed by atoms with E-state index in [-0.39, 0.29) is 17.9 Å². The van der Waals surface area contributed by atoms with E-state index in [0.717, 1.165) is 12.8 Å². The fourth-order valence-corrected chi connectivity index (χ4v) is 1.86. The van der Waals surface area contributed by atoms with Crippen molar-refractivity contribution >= 4 is 5.91 Å². The maximum absolute atomic E-state index is 12.0. The molecule has 1 aromatic heterocycles. The van der Waals surface area contributed by atoms with Gasteiger partial charge < -0.3 is 14.9 Å². The van der Waals surface area contributed by atoms with Crippen molar-refractivity contribution in [2.75, 3.05) is 13.2 Å². The number of hydrogen-bond donors (Lipinski definition) is 2. The third-order valence-corrected chi connectivity index (χ3v) is 3.00. The molecular weight excluding hydrogens is 232 g/mol. The zero-order valence-electron chi connectivity index (χ0n) is 11.5. The van der Waals surface area contributed by atoms with Crippen molar-refractivity contribution in [1.29, 1.82) is 0 Å². The highest BCUT2D eigenvalue weighted by atomic mass is 16.5. The van der Waals surface area contributed by atoms with Crippen molar-refractivity contribution in [3.8, 4) is 0 Å². The van der Waals surface area contributed by atoms with E-state index < -0.39 is 0 Å². The lowest BCUT2D eigenvalue weighted by Gasteiger charge is -2.24. The van der Waals surface area contributed by atoms with E-state index >= 15 is 0 Å². The fraction of sp³-hybridized carbons (Fsp3) is 0.692. The number of aryl methyl sites for hydroxylation is 2. The minimum Gasteiger partial charge on any atom is -0.396 e. The summed E-state index contributed by atoms with van der Waals surface area (Å²) in [6.45, 7) is 8.36. The van der Waals surface area contributed by atoms with Crippen LogP contribution in [0.4, 0.5) is 0 Å². The Hall–Kier alpha value is -1.36. The van der Waals surface area contributed by atoms with Crippen LogP contribution in [0.15, 0.2) is 4.52 Å². The minimum atomic E-state index is -0.150.